The number of ether oxygens (including phenoxy) is 1. The van der Waals surface area contributed by atoms with Crippen molar-refractivity contribution >= 4 is 5.91 Å². The van der Waals surface area contributed by atoms with Gasteiger partial charge in [-0.2, -0.15) is 0 Å². The molecule has 5 heteroatoms. The molecule has 22 heavy (non-hydrogen) atoms. The number of nitrogens with one attached hydrogen (secondary N) is 1. The Morgan fingerprint density at radius 3 is 2.64 bits per heavy atom. The number of carbonyl (C=O) groups is 1. The summed E-state index contributed by atoms with van der Waals surface area (Å²) in [5, 5.41) is 3.03. The molecule has 0 aromatic heterocycles. The third-order valence-electron chi connectivity index (χ3n) is 4.15. The smallest absolute Gasteiger partial charge is 0.255 e. The molecule has 0 spiro atoms. The van der Waals surface area contributed by atoms with E-state index in [2.05, 4.69) is 29.1 Å². The highest BCUT2D eigenvalue weighted by atomic mass is 16.5. The lowest BCUT2D eigenvalue weighted by molar-refractivity contribution is 0.0900. The van der Waals surface area contributed by atoms with Crippen LogP contribution in [0.4, 0.5) is 0 Å². The van der Waals surface area contributed by atoms with Crippen molar-refractivity contribution in [3.63, 3.8) is 0 Å². The molecule has 0 radical (unpaired) electrons. The van der Waals surface area contributed by atoms with Crippen molar-refractivity contribution in [1.82, 2.24) is 15.1 Å². The Labute approximate surface area is 133 Å². The first-order chi connectivity index (χ1) is 10.6. The zero-order valence-corrected chi connectivity index (χ0v) is 13.8. The Morgan fingerprint density at radius 1 is 1.27 bits per heavy atom. The molecule has 5 nitrogen and oxygen atoms in total. The molecular weight excluding hydrogens is 278 g/mol. The van der Waals surface area contributed by atoms with E-state index in [1.807, 2.05) is 25.1 Å². The highest BCUT2D eigenvalue weighted by Crippen LogP contribution is 2.17. The number of hydrogen-bond donors (Lipinski definition) is 1. The molecule has 1 fully saturated rings. The molecule has 1 heterocycles. The molecule has 1 aromatic rings. The van der Waals surface area contributed by atoms with Gasteiger partial charge < -0.3 is 15.0 Å². The SMILES string of the molecule is CCOc1ccccc1C(=O)NC[C@H](C)N1CCN(C)CC1. The van der Waals surface area contributed by atoms with E-state index >= 15 is 0 Å². The average Bonchev–Trinajstić information content (AvgIpc) is 2.54. The lowest BCUT2D eigenvalue weighted by Crippen LogP contribution is -2.51. The second-order valence-electron chi connectivity index (χ2n) is 5.83. The summed E-state index contributed by atoms with van der Waals surface area (Å²) in [4.78, 5) is 17.1. The van der Waals surface area contributed by atoms with Crippen LogP contribution in [-0.2, 0) is 0 Å². The number of piperazine rings is 1. The number of carbonyl (C=O) groups excluding carboxylic acids is 1. The number of rotatable bonds is 6. The molecule has 0 saturated carbocycles. The van der Waals surface area contributed by atoms with Crippen LogP contribution in [0.1, 0.15) is 24.2 Å². The van der Waals surface area contributed by atoms with E-state index in [9.17, 15) is 4.79 Å². The van der Waals surface area contributed by atoms with Crippen molar-refractivity contribution in [2.75, 3.05) is 46.4 Å². The monoisotopic (exact) mass is 305 g/mol. The van der Waals surface area contributed by atoms with Crippen molar-refractivity contribution in [1.29, 1.82) is 0 Å². The van der Waals surface area contributed by atoms with Gasteiger partial charge in [-0.25, -0.2) is 0 Å². The molecule has 1 N–H and O–H groups in total. The quantitative estimate of drug-likeness (QED) is 0.864. The van der Waals surface area contributed by atoms with Crippen molar-refractivity contribution in [2.45, 2.75) is 19.9 Å². The third-order valence-corrected chi connectivity index (χ3v) is 4.15. The van der Waals surface area contributed by atoms with Gasteiger partial charge >= 0.3 is 0 Å². The zero-order valence-electron chi connectivity index (χ0n) is 13.8. The third kappa shape index (κ3) is 4.45. The van der Waals surface area contributed by atoms with Crippen LogP contribution in [0.5, 0.6) is 5.75 Å². The molecule has 1 aliphatic heterocycles. The van der Waals surface area contributed by atoms with E-state index in [4.69, 9.17) is 4.74 Å². The van der Waals surface area contributed by atoms with E-state index < -0.39 is 0 Å². The number of hydrogen-bond acceptors (Lipinski definition) is 4. The summed E-state index contributed by atoms with van der Waals surface area (Å²) in [6.45, 7) is 9.60. The van der Waals surface area contributed by atoms with Gasteiger partial charge in [0.1, 0.15) is 5.75 Å². The molecular formula is C17H27N3O2. The molecule has 0 bridgehead atoms. The lowest BCUT2D eigenvalue weighted by Gasteiger charge is -2.36. The molecule has 1 aromatic carbocycles. The molecule has 1 aliphatic rings. The van der Waals surface area contributed by atoms with Crippen LogP contribution in [0.15, 0.2) is 24.3 Å². The fourth-order valence-electron chi connectivity index (χ4n) is 2.66. The summed E-state index contributed by atoms with van der Waals surface area (Å²) < 4.78 is 5.52. The summed E-state index contributed by atoms with van der Waals surface area (Å²) in [7, 11) is 2.15. The van der Waals surface area contributed by atoms with Gasteiger partial charge in [-0.1, -0.05) is 12.1 Å². The van der Waals surface area contributed by atoms with Crippen molar-refractivity contribution < 1.29 is 9.53 Å². The summed E-state index contributed by atoms with van der Waals surface area (Å²) in [6.07, 6.45) is 0. The predicted molar refractivity (Wildman–Crippen MR) is 88.5 cm³/mol. The maximum atomic E-state index is 12.4. The number of amides is 1. The molecule has 1 amide bonds. The van der Waals surface area contributed by atoms with Crippen LogP contribution >= 0.6 is 0 Å². The number of benzene rings is 1. The summed E-state index contributed by atoms with van der Waals surface area (Å²) in [5.74, 6) is 0.583. The first kappa shape index (κ1) is 16.8. The first-order valence-electron chi connectivity index (χ1n) is 8.04. The normalized spacial score (nSPS) is 18.0. The van der Waals surface area contributed by atoms with Crippen LogP contribution in [0.2, 0.25) is 0 Å². The molecule has 122 valence electrons. The van der Waals surface area contributed by atoms with Gasteiger partial charge in [0.25, 0.3) is 5.91 Å². The van der Waals surface area contributed by atoms with Crippen molar-refractivity contribution in [3.05, 3.63) is 29.8 Å². The standard InChI is InChI=1S/C17H27N3O2/c1-4-22-16-8-6-5-7-15(16)17(21)18-13-14(2)20-11-9-19(3)10-12-20/h5-8,14H,4,9-13H2,1-3H3,(H,18,21)/t14-/m0/s1. The second-order valence-corrected chi connectivity index (χ2v) is 5.83. The van der Waals surface area contributed by atoms with Crippen LogP contribution in [-0.4, -0.2) is 68.1 Å². The fraction of sp³-hybridized carbons (Fsp3) is 0.588. The van der Waals surface area contributed by atoms with Gasteiger partial charge in [-0.15, -0.1) is 0 Å². The van der Waals surface area contributed by atoms with E-state index in [0.717, 1.165) is 26.2 Å². The van der Waals surface area contributed by atoms with Gasteiger partial charge in [0.15, 0.2) is 0 Å². The maximum absolute atomic E-state index is 12.4. The Bertz CT molecular complexity index is 485. The number of likely N-dealkylation sites (N-methyl/N-ethyl adjacent to an activating group) is 1. The topological polar surface area (TPSA) is 44.8 Å². The summed E-state index contributed by atoms with van der Waals surface area (Å²) in [5.41, 5.74) is 0.606. The minimum Gasteiger partial charge on any atom is -0.493 e. The molecule has 1 saturated heterocycles. The van der Waals surface area contributed by atoms with Crippen molar-refractivity contribution in [3.8, 4) is 5.75 Å². The minimum absolute atomic E-state index is 0.0648. The molecule has 0 aliphatic carbocycles. The number of nitrogens with zero attached hydrogens (tertiary/aromatic N) is 2. The van der Waals surface area contributed by atoms with Gasteiger partial charge in [0.2, 0.25) is 0 Å². The summed E-state index contributed by atoms with van der Waals surface area (Å²) in [6, 6.07) is 7.73. The summed E-state index contributed by atoms with van der Waals surface area (Å²) >= 11 is 0. The highest BCUT2D eigenvalue weighted by molar-refractivity contribution is 5.96. The predicted octanol–water partition coefficient (Wildman–Crippen LogP) is 1.45. The van der Waals surface area contributed by atoms with Crippen LogP contribution in [0, 0.1) is 0 Å². The zero-order chi connectivity index (χ0) is 15.9. The van der Waals surface area contributed by atoms with E-state index in [1.165, 1.54) is 0 Å². The van der Waals surface area contributed by atoms with Crippen molar-refractivity contribution in [2.24, 2.45) is 0 Å². The first-order valence-corrected chi connectivity index (χ1v) is 8.04. The highest BCUT2D eigenvalue weighted by Gasteiger charge is 2.20. The Balaban J connectivity index is 1.87. The van der Waals surface area contributed by atoms with E-state index in [-0.39, 0.29) is 5.91 Å². The van der Waals surface area contributed by atoms with E-state index in [1.54, 1.807) is 6.07 Å². The average molecular weight is 305 g/mol. The Morgan fingerprint density at radius 2 is 1.95 bits per heavy atom. The Kier molecular flexibility index (Phi) is 6.21. The van der Waals surface area contributed by atoms with Gasteiger partial charge in [0, 0.05) is 38.8 Å². The lowest BCUT2D eigenvalue weighted by atomic mass is 10.1. The second kappa shape index (κ2) is 8.15. The molecule has 1 atom stereocenters. The molecule has 0 unspecified atom stereocenters. The van der Waals surface area contributed by atoms with Crippen LogP contribution < -0.4 is 10.1 Å². The largest absolute Gasteiger partial charge is 0.493 e. The Hall–Kier alpha value is -1.59. The van der Waals surface area contributed by atoms with Gasteiger partial charge in [-0.3, -0.25) is 9.69 Å². The minimum atomic E-state index is -0.0648. The van der Waals surface area contributed by atoms with Gasteiger partial charge in [0.05, 0.1) is 12.2 Å². The van der Waals surface area contributed by atoms with Crippen LogP contribution in [0.25, 0.3) is 0 Å². The van der Waals surface area contributed by atoms with E-state index in [0.29, 0.717) is 30.5 Å². The van der Waals surface area contributed by atoms with Crippen LogP contribution in [0.3, 0.4) is 0 Å². The fourth-order valence-corrected chi connectivity index (χ4v) is 2.66. The number of para-hydroxylation sites is 1. The van der Waals surface area contributed by atoms with Gasteiger partial charge in [-0.05, 0) is 33.0 Å². The maximum Gasteiger partial charge on any atom is 0.255 e. The molecule has 2 rings (SSSR count).